The maximum absolute atomic E-state index is 12.8. The monoisotopic (exact) mass is 294 g/mol. The molecule has 118 valence electrons. The molecule has 0 radical (unpaired) electrons. The van der Waals surface area contributed by atoms with Crippen LogP contribution >= 0.6 is 0 Å². The lowest BCUT2D eigenvalue weighted by molar-refractivity contribution is -0.121. The van der Waals surface area contributed by atoms with E-state index in [-0.39, 0.29) is 11.7 Å². The fourth-order valence-electron chi connectivity index (χ4n) is 2.31. The van der Waals surface area contributed by atoms with E-state index in [0.29, 0.717) is 13.0 Å². The molecule has 0 aromatic heterocycles. The van der Waals surface area contributed by atoms with Crippen molar-refractivity contribution in [2.45, 2.75) is 39.5 Å². The van der Waals surface area contributed by atoms with Gasteiger partial charge in [0.05, 0.1) is 0 Å². The molecule has 0 saturated heterocycles. The molecule has 0 fully saturated rings. The van der Waals surface area contributed by atoms with Crippen molar-refractivity contribution in [3.63, 3.8) is 0 Å². The fourth-order valence-corrected chi connectivity index (χ4v) is 2.31. The van der Waals surface area contributed by atoms with Crippen LogP contribution < -0.4 is 5.32 Å². The summed E-state index contributed by atoms with van der Waals surface area (Å²) in [5.41, 5.74) is 1.04. The van der Waals surface area contributed by atoms with Crippen LogP contribution in [0.15, 0.2) is 24.3 Å². The van der Waals surface area contributed by atoms with Crippen LogP contribution in [0.25, 0.3) is 0 Å². The number of nitrogens with one attached hydrogen (secondary N) is 1. The zero-order valence-corrected chi connectivity index (χ0v) is 13.2. The zero-order chi connectivity index (χ0) is 15.5. The Bertz CT molecular complexity index is 400. The predicted molar refractivity (Wildman–Crippen MR) is 84.8 cm³/mol. The molecule has 0 atom stereocenters. The van der Waals surface area contributed by atoms with Crippen LogP contribution in [0.3, 0.4) is 0 Å². The lowest BCUT2D eigenvalue weighted by Gasteiger charge is -2.20. The molecule has 0 heterocycles. The zero-order valence-electron chi connectivity index (χ0n) is 13.2. The average molecular weight is 294 g/mol. The molecule has 0 unspecified atom stereocenters. The van der Waals surface area contributed by atoms with Crippen molar-refractivity contribution in [3.8, 4) is 0 Å². The molecule has 3 nitrogen and oxygen atoms in total. The maximum Gasteiger partial charge on any atom is 0.221 e. The van der Waals surface area contributed by atoms with Crippen LogP contribution in [0.5, 0.6) is 0 Å². The summed E-state index contributed by atoms with van der Waals surface area (Å²) in [5.74, 6) is -0.135. The molecule has 0 aliphatic rings. The Morgan fingerprint density at radius 1 is 1.10 bits per heavy atom. The number of carbonyl (C=O) groups is 1. The second-order valence-electron chi connectivity index (χ2n) is 5.32. The molecule has 1 N–H and O–H groups in total. The molecule has 0 aliphatic carbocycles. The smallest absolute Gasteiger partial charge is 0.221 e. The van der Waals surface area contributed by atoms with E-state index in [9.17, 15) is 9.18 Å². The summed E-state index contributed by atoms with van der Waals surface area (Å²) >= 11 is 0. The summed E-state index contributed by atoms with van der Waals surface area (Å²) in [4.78, 5) is 14.1. The van der Waals surface area contributed by atoms with Gasteiger partial charge >= 0.3 is 0 Å². The average Bonchev–Trinajstić information content (AvgIpc) is 2.47. The van der Waals surface area contributed by atoms with Crippen LogP contribution in [0.1, 0.15) is 38.7 Å². The lowest BCUT2D eigenvalue weighted by atomic mass is 10.1. The minimum atomic E-state index is -0.227. The highest BCUT2D eigenvalue weighted by molar-refractivity contribution is 5.76. The number of carbonyl (C=O) groups excluding carboxylic acids is 1. The number of benzene rings is 1. The minimum Gasteiger partial charge on any atom is -0.356 e. The summed E-state index contributed by atoms with van der Waals surface area (Å²) in [6, 6.07) is 6.41. The van der Waals surface area contributed by atoms with Gasteiger partial charge < -0.3 is 10.2 Å². The lowest BCUT2D eigenvalue weighted by Crippen LogP contribution is -2.32. The second kappa shape index (κ2) is 10.3. The third kappa shape index (κ3) is 7.81. The van der Waals surface area contributed by atoms with Gasteiger partial charge in [-0.15, -0.1) is 0 Å². The molecule has 21 heavy (non-hydrogen) atoms. The van der Waals surface area contributed by atoms with Gasteiger partial charge in [0.25, 0.3) is 0 Å². The number of nitrogens with zero attached hydrogens (tertiary/aromatic N) is 1. The van der Waals surface area contributed by atoms with Gasteiger partial charge in [-0.25, -0.2) is 4.39 Å². The van der Waals surface area contributed by atoms with Crippen molar-refractivity contribution in [3.05, 3.63) is 35.6 Å². The quantitative estimate of drug-likeness (QED) is 0.719. The van der Waals surface area contributed by atoms with Gasteiger partial charge in [-0.3, -0.25) is 4.79 Å². The highest BCUT2D eigenvalue weighted by atomic mass is 19.1. The van der Waals surface area contributed by atoms with E-state index >= 15 is 0 Å². The van der Waals surface area contributed by atoms with Gasteiger partial charge in [0, 0.05) is 19.5 Å². The predicted octanol–water partition coefficient (Wildman–Crippen LogP) is 3.00. The molecular formula is C17H27FN2O. The Morgan fingerprint density at radius 3 is 2.29 bits per heavy atom. The molecule has 0 spiro atoms. The van der Waals surface area contributed by atoms with Crippen molar-refractivity contribution in [2.75, 3.05) is 26.2 Å². The molecule has 1 aromatic rings. The molecule has 4 heteroatoms. The summed E-state index contributed by atoms with van der Waals surface area (Å²) < 4.78 is 12.8. The van der Waals surface area contributed by atoms with E-state index in [2.05, 4.69) is 24.1 Å². The fraction of sp³-hybridized carbons (Fsp3) is 0.588. The third-order valence-corrected chi connectivity index (χ3v) is 3.38. The highest BCUT2D eigenvalue weighted by Gasteiger charge is 2.06. The second-order valence-corrected chi connectivity index (χ2v) is 5.32. The van der Waals surface area contributed by atoms with Crippen molar-refractivity contribution in [2.24, 2.45) is 0 Å². The normalized spacial score (nSPS) is 10.9. The Morgan fingerprint density at radius 2 is 1.71 bits per heavy atom. The van der Waals surface area contributed by atoms with Crippen molar-refractivity contribution in [1.29, 1.82) is 0 Å². The molecule has 1 amide bonds. The van der Waals surface area contributed by atoms with Crippen LogP contribution in [0.2, 0.25) is 0 Å². The first-order chi connectivity index (χ1) is 10.2. The summed E-state index contributed by atoms with van der Waals surface area (Å²) in [6.07, 6.45) is 3.52. The molecule has 1 rings (SSSR count). The third-order valence-electron chi connectivity index (χ3n) is 3.38. The number of rotatable bonds is 10. The Kier molecular flexibility index (Phi) is 8.67. The van der Waals surface area contributed by atoms with Gasteiger partial charge in [-0.05, 0) is 50.0 Å². The highest BCUT2D eigenvalue weighted by Crippen LogP contribution is 2.03. The summed E-state index contributed by atoms with van der Waals surface area (Å²) in [6.45, 7) is 7.85. The summed E-state index contributed by atoms with van der Waals surface area (Å²) in [5, 5.41) is 2.93. The number of hydrogen-bond acceptors (Lipinski definition) is 2. The van der Waals surface area contributed by atoms with Crippen LogP contribution in [0.4, 0.5) is 4.39 Å². The van der Waals surface area contributed by atoms with Crippen LogP contribution in [0, 0.1) is 5.82 Å². The first-order valence-corrected chi connectivity index (χ1v) is 7.89. The molecule has 1 aromatic carbocycles. The van der Waals surface area contributed by atoms with Crippen molar-refractivity contribution in [1.82, 2.24) is 10.2 Å². The van der Waals surface area contributed by atoms with E-state index in [1.807, 2.05) is 0 Å². The molecule has 0 aliphatic heterocycles. The van der Waals surface area contributed by atoms with E-state index < -0.39 is 0 Å². The molecule has 0 bridgehead atoms. The van der Waals surface area contributed by atoms with Crippen molar-refractivity contribution < 1.29 is 9.18 Å². The SMILES string of the molecule is CCCN(CCC)CCC(=O)NCCc1ccc(F)cc1. The van der Waals surface area contributed by atoms with Gasteiger partial charge in [0.1, 0.15) is 5.82 Å². The Hall–Kier alpha value is -1.42. The topological polar surface area (TPSA) is 32.3 Å². The standard InChI is InChI=1S/C17H27FN2O/c1-3-12-20(13-4-2)14-10-17(21)19-11-9-15-5-7-16(18)8-6-15/h5-8H,3-4,9-14H2,1-2H3,(H,19,21). The van der Waals surface area contributed by atoms with E-state index in [4.69, 9.17) is 0 Å². The number of halogens is 1. The van der Waals surface area contributed by atoms with Crippen LogP contribution in [-0.4, -0.2) is 37.0 Å². The first-order valence-electron chi connectivity index (χ1n) is 7.89. The van der Waals surface area contributed by atoms with Crippen LogP contribution in [-0.2, 0) is 11.2 Å². The number of amides is 1. The van der Waals surface area contributed by atoms with Gasteiger partial charge in [-0.1, -0.05) is 26.0 Å². The maximum atomic E-state index is 12.8. The largest absolute Gasteiger partial charge is 0.356 e. The van der Waals surface area contributed by atoms with E-state index in [0.717, 1.165) is 44.5 Å². The van der Waals surface area contributed by atoms with Crippen molar-refractivity contribution >= 4 is 5.91 Å². The number of hydrogen-bond donors (Lipinski definition) is 1. The minimum absolute atomic E-state index is 0.0920. The molecular weight excluding hydrogens is 267 g/mol. The van der Waals surface area contributed by atoms with Gasteiger partial charge in [-0.2, -0.15) is 0 Å². The Labute approximate surface area is 127 Å². The van der Waals surface area contributed by atoms with Gasteiger partial charge in [0.2, 0.25) is 5.91 Å². The van der Waals surface area contributed by atoms with Gasteiger partial charge in [0.15, 0.2) is 0 Å². The Balaban J connectivity index is 2.19. The first kappa shape index (κ1) is 17.6. The molecule has 0 saturated carbocycles. The summed E-state index contributed by atoms with van der Waals surface area (Å²) in [7, 11) is 0. The van der Waals surface area contributed by atoms with E-state index in [1.54, 1.807) is 12.1 Å². The van der Waals surface area contributed by atoms with E-state index in [1.165, 1.54) is 12.1 Å².